The van der Waals surface area contributed by atoms with Gasteiger partial charge in [-0.05, 0) is 64.7 Å². The van der Waals surface area contributed by atoms with E-state index in [9.17, 15) is 4.79 Å². The first kappa shape index (κ1) is 30.6. The van der Waals surface area contributed by atoms with Gasteiger partial charge in [0.25, 0.3) is 5.91 Å². The van der Waals surface area contributed by atoms with Crippen molar-refractivity contribution in [2.75, 3.05) is 18.6 Å². The molecule has 0 aromatic heterocycles. The first-order chi connectivity index (χ1) is 21.5. The lowest BCUT2D eigenvalue weighted by Gasteiger charge is -2.32. The van der Waals surface area contributed by atoms with E-state index in [-0.39, 0.29) is 25.5 Å². The molecule has 44 heavy (non-hydrogen) atoms. The van der Waals surface area contributed by atoms with Crippen LogP contribution in [0.1, 0.15) is 34.8 Å². The molecule has 1 aliphatic rings. The number of para-hydroxylation sites is 1. The summed E-state index contributed by atoms with van der Waals surface area (Å²) < 4.78 is 13.2. The number of ether oxygens (including phenoxy) is 2. The van der Waals surface area contributed by atoms with Crippen LogP contribution in [0.15, 0.2) is 118 Å². The quantitative estimate of drug-likeness (QED) is 0.0486. The molecule has 10 nitrogen and oxygen atoms in total. The highest BCUT2D eigenvalue weighted by Crippen LogP contribution is 2.44. The van der Waals surface area contributed by atoms with Crippen LogP contribution >= 0.6 is 15.9 Å². The maximum atomic E-state index is 14.4. The normalized spacial score (nSPS) is 17.1. The highest BCUT2D eigenvalue weighted by Gasteiger charge is 2.54. The van der Waals surface area contributed by atoms with E-state index >= 15 is 0 Å². The lowest BCUT2D eigenvalue weighted by Crippen LogP contribution is -2.51. The Hall–Kier alpha value is -4.83. The summed E-state index contributed by atoms with van der Waals surface area (Å²) in [6, 6.07) is 31.7. The number of rotatable bonds is 13. The van der Waals surface area contributed by atoms with Crippen molar-refractivity contribution in [1.29, 1.82) is 0 Å². The Kier molecular flexibility index (Phi) is 10.1. The Bertz CT molecular complexity index is 1660. The third-order valence-electron chi connectivity index (χ3n) is 7.18. The number of carbonyl (C=O) groups excluding carboxylic acids is 1. The van der Waals surface area contributed by atoms with Crippen LogP contribution in [0.2, 0.25) is 0 Å². The molecule has 1 heterocycles. The summed E-state index contributed by atoms with van der Waals surface area (Å²) >= 11 is 3.65. The molecule has 5 rings (SSSR count). The third-order valence-corrected chi connectivity index (χ3v) is 7.96. The van der Waals surface area contributed by atoms with Crippen molar-refractivity contribution in [1.82, 2.24) is 5.43 Å². The number of hydrazine groups is 1. The van der Waals surface area contributed by atoms with Crippen molar-refractivity contribution in [2.24, 2.45) is 10.1 Å². The van der Waals surface area contributed by atoms with Crippen LogP contribution in [0.5, 0.6) is 5.75 Å². The largest absolute Gasteiger partial charge is 0.494 e. The van der Waals surface area contributed by atoms with Crippen LogP contribution in [0.25, 0.3) is 10.4 Å². The molecule has 3 N–H and O–H groups in total. The van der Waals surface area contributed by atoms with Crippen LogP contribution in [-0.4, -0.2) is 35.7 Å². The molecule has 2 atom stereocenters. The van der Waals surface area contributed by atoms with E-state index in [1.807, 2.05) is 91.0 Å². The fraction of sp³-hybridized carbons (Fsp3) is 0.212. The molecule has 0 bridgehead atoms. The summed E-state index contributed by atoms with van der Waals surface area (Å²) in [7, 11) is 0. The zero-order valence-corrected chi connectivity index (χ0v) is 25.4. The molecular formula is C33H31BrN6O4. The van der Waals surface area contributed by atoms with Crippen molar-refractivity contribution in [3.8, 4) is 5.75 Å². The minimum atomic E-state index is -1.47. The van der Waals surface area contributed by atoms with Gasteiger partial charge in [-0.25, -0.2) is 4.99 Å². The van der Waals surface area contributed by atoms with Gasteiger partial charge in [-0.1, -0.05) is 81.7 Å². The van der Waals surface area contributed by atoms with Gasteiger partial charge < -0.3 is 14.6 Å². The second-order valence-electron chi connectivity index (χ2n) is 10.1. The molecule has 0 unspecified atom stereocenters. The predicted molar refractivity (Wildman–Crippen MR) is 172 cm³/mol. The number of aliphatic hydroxyl groups is 1. The van der Waals surface area contributed by atoms with E-state index in [0.717, 1.165) is 15.6 Å². The van der Waals surface area contributed by atoms with E-state index in [2.05, 4.69) is 36.8 Å². The molecule has 0 saturated carbocycles. The Morgan fingerprint density at radius 1 is 1.00 bits per heavy atom. The zero-order chi connectivity index (χ0) is 30.8. The number of halogens is 1. The number of azide groups is 1. The van der Waals surface area contributed by atoms with Gasteiger partial charge >= 0.3 is 0 Å². The number of aliphatic imine (C=N–C) groups is 1. The lowest BCUT2D eigenvalue weighted by molar-refractivity contribution is -0.128. The predicted octanol–water partition coefficient (Wildman–Crippen LogP) is 6.66. The summed E-state index contributed by atoms with van der Waals surface area (Å²) in [6.45, 7) is 0.518. The molecule has 0 saturated heterocycles. The van der Waals surface area contributed by atoms with Gasteiger partial charge in [0.1, 0.15) is 5.75 Å². The Balaban J connectivity index is 1.61. The molecule has 4 aromatic carbocycles. The van der Waals surface area contributed by atoms with Crippen molar-refractivity contribution < 1.29 is 19.4 Å². The van der Waals surface area contributed by atoms with E-state index in [0.29, 0.717) is 35.6 Å². The monoisotopic (exact) mass is 654 g/mol. The van der Waals surface area contributed by atoms with Gasteiger partial charge in [0, 0.05) is 34.4 Å². The molecule has 0 spiro atoms. The molecule has 4 aromatic rings. The molecule has 11 heteroatoms. The minimum Gasteiger partial charge on any atom is -0.494 e. The summed E-state index contributed by atoms with van der Waals surface area (Å²) in [5.74, 6) is 0.526. The van der Waals surface area contributed by atoms with Gasteiger partial charge in [0.15, 0.2) is 11.6 Å². The number of aliphatic hydroxyl groups excluding tert-OH is 1. The number of benzene rings is 4. The Morgan fingerprint density at radius 2 is 1.70 bits per heavy atom. The molecule has 1 aliphatic heterocycles. The van der Waals surface area contributed by atoms with Crippen LogP contribution in [0, 0.1) is 0 Å². The summed E-state index contributed by atoms with van der Waals surface area (Å²) in [5.41, 5.74) is 17.1. The molecule has 0 aliphatic carbocycles. The first-order valence-electron chi connectivity index (χ1n) is 14.1. The zero-order valence-electron chi connectivity index (χ0n) is 23.8. The average Bonchev–Trinajstić information content (AvgIpc) is 3.45. The van der Waals surface area contributed by atoms with Gasteiger partial charge in [-0.15, -0.1) is 0 Å². The molecular weight excluding hydrogens is 624 g/mol. The van der Waals surface area contributed by atoms with Gasteiger partial charge in [-0.2, -0.15) is 0 Å². The van der Waals surface area contributed by atoms with Crippen molar-refractivity contribution in [3.05, 3.63) is 140 Å². The van der Waals surface area contributed by atoms with Crippen molar-refractivity contribution in [3.63, 3.8) is 0 Å². The third kappa shape index (κ3) is 7.03. The maximum absolute atomic E-state index is 14.4. The van der Waals surface area contributed by atoms with Crippen LogP contribution in [-0.2, 0) is 22.5 Å². The number of amides is 1. The minimum absolute atomic E-state index is 0.0477. The highest BCUT2D eigenvalue weighted by molar-refractivity contribution is 9.10. The van der Waals surface area contributed by atoms with E-state index in [4.69, 9.17) is 25.1 Å². The number of anilines is 1. The standard InChI is InChI=1S/C33H31BrN6O4/c34-29-14-7-5-9-24(29)21-33(32(42)39-38-26-11-2-1-3-12-26)30(28-13-6-4-10-25(28)22-36-40-35)44-31(37-33)23-15-17-27(18-16-23)43-20-8-19-41/h1-7,9-18,30,38,41H,8,19-22H2,(H,39,42)/t30-,33-/m0/s1. The van der Waals surface area contributed by atoms with Crippen LogP contribution in [0.3, 0.4) is 0 Å². The fourth-order valence-electron chi connectivity index (χ4n) is 4.99. The fourth-order valence-corrected chi connectivity index (χ4v) is 5.42. The highest BCUT2D eigenvalue weighted by atomic mass is 79.9. The molecule has 0 fully saturated rings. The summed E-state index contributed by atoms with van der Waals surface area (Å²) in [6.07, 6.45) is -0.144. The van der Waals surface area contributed by atoms with Crippen LogP contribution in [0.4, 0.5) is 5.69 Å². The molecule has 1 amide bonds. The van der Waals surface area contributed by atoms with Gasteiger partial charge in [-0.3, -0.25) is 15.6 Å². The SMILES string of the molecule is [N-]=[N+]=NCc1ccccc1[C@@H]1OC(c2ccc(OCCCO)cc2)=N[C@]1(Cc1ccccc1Br)C(=O)NNc1ccccc1. The number of nitrogens with one attached hydrogen (secondary N) is 2. The topological polar surface area (TPSA) is 141 Å². The molecule has 224 valence electrons. The smallest absolute Gasteiger partial charge is 0.270 e. The second kappa shape index (κ2) is 14.6. The number of hydrogen-bond acceptors (Lipinski definition) is 7. The number of carbonyl (C=O) groups is 1. The second-order valence-corrected chi connectivity index (χ2v) is 10.9. The average molecular weight is 656 g/mol. The molecule has 0 radical (unpaired) electrons. The van der Waals surface area contributed by atoms with E-state index in [1.165, 1.54) is 0 Å². The van der Waals surface area contributed by atoms with E-state index < -0.39 is 17.6 Å². The lowest BCUT2D eigenvalue weighted by atomic mass is 9.80. The van der Waals surface area contributed by atoms with Crippen molar-refractivity contribution in [2.45, 2.75) is 31.0 Å². The van der Waals surface area contributed by atoms with Gasteiger partial charge in [0.05, 0.1) is 18.8 Å². The first-order valence-corrected chi connectivity index (χ1v) is 14.9. The summed E-state index contributed by atoms with van der Waals surface area (Å²) in [4.78, 5) is 22.5. The number of hydrogen-bond donors (Lipinski definition) is 3. The maximum Gasteiger partial charge on any atom is 0.270 e. The van der Waals surface area contributed by atoms with Crippen molar-refractivity contribution >= 4 is 33.4 Å². The van der Waals surface area contributed by atoms with E-state index in [1.54, 1.807) is 12.1 Å². The summed E-state index contributed by atoms with van der Waals surface area (Å²) in [5, 5.41) is 12.9. The Labute approximate surface area is 263 Å². The number of nitrogens with zero attached hydrogens (tertiary/aromatic N) is 4. The Morgan fingerprint density at radius 3 is 2.43 bits per heavy atom. The van der Waals surface area contributed by atoms with Gasteiger partial charge in [0.2, 0.25) is 5.90 Å². The van der Waals surface area contributed by atoms with Crippen LogP contribution < -0.4 is 15.6 Å².